The lowest BCUT2D eigenvalue weighted by Gasteiger charge is -2.56. The Morgan fingerprint density at radius 3 is 2.36 bits per heavy atom. The number of esters is 1. The summed E-state index contributed by atoms with van der Waals surface area (Å²) in [4.78, 5) is 13.0. The molecule has 4 rings (SSSR count). The van der Waals surface area contributed by atoms with Crippen molar-refractivity contribution in [3.63, 3.8) is 0 Å². The second-order valence-electron chi connectivity index (χ2n) is 13.3. The predicted molar refractivity (Wildman–Crippen MR) is 131 cm³/mol. The Morgan fingerprint density at radius 2 is 1.70 bits per heavy atom. The molecule has 11 atom stereocenters. The largest absolute Gasteiger partial charge is 0.465 e. The van der Waals surface area contributed by atoms with Crippen molar-refractivity contribution in [2.24, 2.45) is 58.2 Å². The standard InChI is InChI=1S/C29H50O4/c1-7-19(17(2)3)9-8-18(4)21-10-11-22-20-16-33-27(32)24-14-25(30)26(31)15-29(24,6)23(20)12-13-28(21,22)5/h17-26,30-31H,7-16H2,1-6H3/t18-,19-,20+,21-,22+,23+,24-,25+,26-,28-,29-/m1/s1. The van der Waals surface area contributed by atoms with E-state index < -0.39 is 12.2 Å². The highest BCUT2D eigenvalue weighted by atomic mass is 16.5. The van der Waals surface area contributed by atoms with Gasteiger partial charge in [0.1, 0.15) is 0 Å². The highest BCUT2D eigenvalue weighted by molar-refractivity contribution is 5.74. The fourth-order valence-corrected chi connectivity index (χ4v) is 9.45. The summed E-state index contributed by atoms with van der Waals surface area (Å²) in [5, 5.41) is 20.9. The topological polar surface area (TPSA) is 66.8 Å². The number of aliphatic hydroxyl groups excluding tert-OH is 2. The third-order valence-corrected chi connectivity index (χ3v) is 11.6. The zero-order chi connectivity index (χ0) is 24.1. The number of fused-ring (bicyclic) bond motifs is 5. The lowest BCUT2D eigenvalue weighted by Crippen LogP contribution is -2.54. The van der Waals surface area contributed by atoms with Crippen molar-refractivity contribution in [3.8, 4) is 0 Å². The van der Waals surface area contributed by atoms with Crippen LogP contribution < -0.4 is 0 Å². The Morgan fingerprint density at radius 1 is 1.00 bits per heavy atom. The lowest BCUT2D eigenvalue weighted by atomic mass is 9.48. The molecule has 1 saturated heterocycles. The van der Waals surface area contributed by atoms with Gasteiger partial charge in [0.25, 0.3) is 0 Å². The summed E-state index contributed by atoms with van der Waals surface area (Å²) < 4.78 is 5.93. The summed E-state index contributed by atoms with van der Waals surface area (Å²) in [7, 11) is 0. The first-order valence-corrected chi connectivity index (χ1v) is 14.1. The molecule has 0 aromatic carbocycles. The minimum Gasteiger partial charge on any atom is -0.465 e. The van der Waals surface area contributed by atoms with Crippen LogP contribution in [0.2, 0.25) is 0 Å². The zero-order valence-corrected chi connectivity index (χ0v) is 22.1. The van der Waals surface area contributed by atoms with E-state index in [0.29, 0.717) is 42.6 Å². The third-order valence-electron chi connectivity index (χ3n) is 11.6. The van der Waals surface area contributed by atoms with Gasteiger partial charge in [0.15, 0.2) is 0 Å². The van der Waals surface area contributed by atoms with Gasteiger partial charge in [-0.25, -0.2) is 0 Å². The molecule has 0 aromatic heterocycles. The van der Waals surface area contributed by atoms with E-state index in [0.717, 1.165) is 30.1 Å². The van der Waals surface area contributed by atoms with E-state index in [1.807, 2.05) is 0 Å². The van der Waals surface area contributed by atoms with E-state index in [-0.39, 0.29) is 17.3 Å². The molecule has 1 heterocycles. The first-order chi connectivity index (χ1) is 15.5. The number of carbonyl (C=O) groups is 1. The van der Waals surface area contributed by atoms with E-state index in [9.17, 15) is 15.0 Å². The van der Waals surface area contributed by atoms with E-state index in [1.165, 1.54) is 38.5 Å². The molecule has 0 spiro atoms. The number of rotatable bonds is 6. The van der Waals surface area contributed by atoms with Crippen LogP contribution in [-0.4, -0.2) is 35.0 Å². The van der Waals surface area contributed by atoms with Crippen molar-refractivity contribution in [3.05, 3.63) is 0 Å². The van der Waals surface area contributed by atoms with Gasteiger partial charge >= 0.3 is 5.97 Å². The number of cyclic esters (lactones) is 1. The number of hydrogen-bond acceptors (Lipinski definition) is 4. The quantitative estimate of drug-likeness (QED) is 0.487. The van der Waals surface area contributed by atoms with Crippen LogP contribution in [0.4, 0.5) is 0 Å². The first kappa shape index (κ1) is 25.5. The van der Waals surface area contributed by atoms with E-state index in [2.05, 4.69) is 41.5 Å². The molecule has 4 heteroatoms. The Kier molecular flexibility index (Phi) is 7.30. The number of hydrogen-bond donors (Lipinski definition) is 2. The number of carbonyl (C=O) groups excluding carboxylic acids is 1. The summed E-state index contributed by atoms with van der Waals surface area (Å²) in [6.45, 7) is 14.9. The average Bonchev–Trinajstić information content (AvgIpc) is 3.06. The van der Waals surface area contributed by atoms with Crippen LogP contribution in [0.5, 0.6) is 0 Å². The van der Waals surface area contributed by atoms with Gasteiger partial charge in [0.05, 0.1) is 24.7 Å². The molecule has 3 saturated carbocycles. The third kappa shape index (κ3) is 4.30. The van der Waals surface area contributed by atoms with Gasteiger partial charge in [-0.2, -0.15) is 0 Å². The van der Waals surface area contributed by atoms with Gasteiger partial charge in [0, 0.05) is 0 Å². The van der Waals surface area contributed by atoms with Crippen molar-refractivity contribution in [2.45, 2.75) is 112 Å². The van der Waals surface area contributed by atoms with Crippen molar-refractivity contribution in [1.29, 1.82) is 0 Å². The molecule has 0 bridgehead atoms. The Bertz CT molecular complexity index is 706. The minimum absolute atomic E-state index is 0.137. The molecular formula is C29H50O4. The summed E-state index contributed by atoms with van der Waals surface area (Å²) in [5.74, 6) is 4.07. The summed E-state index contributed by atoms with van der Waals surface area (Å²) in [6, 6.07) is 0. The fraction of sp³-hybridized carbons (Fsp3) is 0.966. The van der Waals surface area contributed by atoms with Gasteiger partial charge in [0.2, 0.25) is 0 Å². The lowest BCUT2D eigenvalue weighted by molar-refractivity contribution is -0.162. The maximum Gasteiger partial charge on any atom is 0.309 e. The van der Waals surface area contributed by atoms with Crippen molar-refractivity contribution >= 4 is 5.97 Å². The van der Waals surface area contributed by atoms with Crippen molar-refractivity contribution in [1.82, 2.24) is 0 Å². The maximum atomic E-state index is 13.0. The van der Waals surface area contributed by atoms with E-state index in [1.54, 1.807) is 0 Å². The van der Waals surface area contributed by atoms with Gasteiger partial charge in [-0.1, -0.05) is 54.4 Å². The van der Waals surface area contributed by atoms with Crippen LogP contribution >= 0.6 is 0 Å². The second kappa shape index (κ2) is 9.45. The van der Waals surface area contributed by atoms with E-state index >= 15 is 0 Å². The molecular weight excluding hydrogens is 412 g/mol. The molecule has 4 nitrogen and oxygen atoms in total. The van der Waals surface area contributed by atoms with Crippen molar-refractivity contribution in [2.75, 3.05) is 6.61 Å². The first-order valence-electron chi connectivity index (χ1n) is 14.1. The second-order valence-corrected chi connectivity index (χ2v) is 13.3. The summed E-state index contributed by atoms with van der Waals surface area (Å²) in [5.41, 5.74) is 0.0586. The van der Waals surface area contributed by atoms with Crippen LogP contribution in [-0.2, 0) is 9.53 Å². The molecule has 0 radical (unpaired) electrons. The van der Waals surface area contributed by atoms with Gasteiger partial charge in [-0.3, -0.25) is 4.79 Å². The predicted octanol–water partition coefficient (Wildman–Crippen LogP) is 5.84. The highest BCUT2D eigenvalue weighted by Crippen LogP contribution is 2.66. The number of aliphatic hydroxyl groups is 2. The van der Waals surface area contributed by atoms with Crippen LogP contribution in [0.15, 0.2) is 0 Å². The van der Waals surface area contributed by atoms with Crippen LogP contribution in [0, 0.1) is 58.2 Å². The monoisotopic (exact) mass is 462 g/mol. The molecule has 0 amide bonds. The highest BCUT2D eigenvalue weighted by Gasteiger charge is 2.62. The molecule has 1 aliphatic heterocycles. The summed E-state index contributed by atoms with van der Waals surface area (Å²) >= 11 is 0. The smallest absolute Gasteiger partial charge is 0.309 e. The van der Waals surface area contributed by atoms with Crippen molar-refractivity contribution < 1.29 is 19.7 Å². The van der Waals surface area contributed by atoms with Gasteiger partial charge in [-0.15, -0.1) is 0 Å². The molecule has 33 heavy (non-hydrogen) atoms. The minimum atomic E-state index is -0.810. The van der Waals surface area contributed by atoms with E-state index in [4.69, 9.17) is 4.74 Å². The Balaban J connectivity index is 1.53. The molecule has 0 aromatic rings. The molecule has 2 N–H and O–H groups in total. The fourth-order valence-electron chi connectivity index (χ4n) is 9.45. The van der Waals surface area contributed by atoms with Gasteiger partial charge in [-0.05, 0) is 97.2 Å². The Hall–Kier alpha value is -0.610. The molecule has 190 valence electrons. The summed E-state index contributed by atoms with van der Waals surface area (Å²) in [6.07, 6.45) is 8.18. The van der Waals surface area contributed by atoms with Gasteiger partial charge < -0.3 is 14.9 Å². The number of ether oxygens (including phenoxy) is 1. The SMILES string of the molecule is CC[C@H](CC[C@@H](C)[C@H]1CC[C@H]2[C@@H]3COC(=O)[C@H]4C[C@H](O)[C@H](O)C[C@]4(C)[C@H]3CC[C@]12C)C(C)C. The van der Waals surface area contributed by atoms with Crippen LogP contribution in [0.25, 0.3) is 0 Å². The average molecular weight is 463 g/mol. The molecule has 3 aliphatic carbocycles. The normalized spacial score (nSPS) is 47.2. The molecule has 0 unspecified atom stereocenters. The van der Waals surface area contributed by atoms with Crippen LogP contribution in [0.1, 0.15) is 99.3 Å². The molecule has 4 fully saturated rings. The Labute approximate surface area is 202 Å². The van der Waals surface area contributed by atoms with Crippen LogP contribution in [0.3, 0.4) is 0 Å². The molecule has 4 aliphatic rings. The maximum absolute atomic E-state index is 13.0. The zero-order valence-electron chi connectivity index (χ0n) is 22.1.